The number of fused-ring (bicyclic) bond motifs is 1. The number of rotatable bonds is 7. The van der Waals surface area contributed by atoms with Crippen LogP contribution in [0.3, 0.4) is 0 Å². The van der Waals surface area contributed by atoms with Crippen molar-refractivity contribution >= 4 is 18.1 Å². The Morgan fingerprint density at radius 1 is 1.03 bits per heavy atom. The van der Waals surface area contributed by atoms with E-state index in [1.54, 1.807) is 6.92 Å². The van der Waals surface area contributed by atoms with Crippen LogP contribution >= 0.6 is 0 Å². The van der Waals surface area contributed by atoms with Gasteiger partial charge in [-0.3, -0.25) is 9.69 Å². The summed E-state index contributed by atoms with van der Waals surface area (Å²) in [7, 11) is 0. The zero-order chi connectivity index (χ0) is 23.1. The third-order valence-corrected chi connectivity index (χ3v) is 5.11. The van der Waals surface area contributed by atoms with Crippen LogP contribution in [0.15, 0.2) is 60.7 Å². The molecule has 0 bridgehead atoms. The summed E-state index contributed by atoms with van der Waals surface area (Å²) in [4.78, 5) is 27.2. The molecule has 0 heterocycles. The highest BCUT2D eigenvalue weighted by Crippen LogP contribution is 2.32. The molecule has 32 heavy (non-hydrogen) atoms. The molecule has 0 unspecified atom stereocenters. The minimum atomic E-state index is -0.613. The molecule has 0 saturated carbocycles. The largest absolute Gasteiger partial charge is 0.465 e. The van der Waals surface area contributed by atoms with Gasteiger partial charge in [0.2, 0.25) is 0 Å². The van der Waals surface area contributed by atoms with Crippen LogP contribution in [-0.2, 0) is 20.8 Å². The number of hydrogen-bond donors (Lipinski definition) is 1. The van der Waals surface area contributed by atoms with Crippen molar-refractivity contribution in [1.82, 2.24) is 10.2 Å². The molecule has 6 heteroatoms. The molecule has 6 nitrogen and oxygen atoms in total. The van der Waals surface area contributed by atoms with Gasteiger partial charge in [-0.15, -0.1) is 0 Å². The molecule has 1 N–H and O–H groups in total. The fourth-order valence-corrected chi connectivity index (χ4v) is 3.83. The van der Waals surface area contributed by atoms with E-state index in [1.165, 1.54) is 0 Å². The Hall–Kier alpha value is -3.12. The van der Waals surface area contributed by atoms with Gasteiger partial charge in [-0.05, 0) is 44.4 Å². The minimum absolute atomic E-state index is 0.104. The zero-order valence-corrected chi connectivity index (χ0v) is 19.2. The fourth-order valence-electron chi connectivity index (χ4n) is 3.83. The summed E-state index contributed by atoms with van der Waals surface area (Å²) in [6.45, 7) is 8.25. The van der Waals surface area contributed by atoms with Crippen LogP contribution in [0.1, 0.15) is 50.4 Å². The number of hydrogen-bond acceptors (Lipinski definition) is 5. The molecule has 0 saturated heterocycles. The lowest BCUT2D eigenvalue weighted by Gasteiger charge is -2.38. The molecular weight excluding hydrogens is 404 g/mol. The highest BCUT2D eigenvalue weighted by Gasteiger charge is 2.34. The van der Waals surface area contributed by atoms with Crippen LogP contribution in [0.5, 0.6) is 0 Å². The summed E-state index contributed by atoms with van der Waals surface area (Å²) in [5.74, 6) is -0.299. The Morgan fingerprint density at radius 3 is 2.41 bits per heavy atom. The molecule has 2 aromatic carbocycles. The van der Waals surface area contributed by atoms with Crippen molar-refractivity contribution < 1.29 is 19.1 Å². The standard InChI is InChI=1S/C26H32N2O4/c1-5-31-23(29)18-28(17-19-11-7-6-8-12-19)22-16-15-20-13-9-10-14-21(20)24(22)27-25(30)32-26(2,3)4/h6-16,22,24H,5,17-18H2,1-4H3,(H,27,30)/t22-,24-/m1/s1. The maximum Gasteiger partial charge on any atom is 0.408 e. The molecule has 0 fully saturated rings. The van der Waals surface area contributed by atoms with Gasteiger partial charge in [0.15, 0.2) is 0 Å². The third kappa shape index (κ3) is 6.44. The molecular formula is C26H32N2O4. The third-order valence-electron chi connectivity index (χ3n) is 5.11. The van der Waals surface area contributed by atoms with Crippen LogP contribution in [-0.4, -0.2) is 41.8 Å². The van der Waals surface area contributed by atoms with E-state index in [9.17, 15) is 9.59 Å². The van der Waals surface area contributed by atoms with Gasteiger partial charge in [0, 0.05) is 6.54 Å². The van der Waals surface area contributed by atoms with Crippen molar-refractivity contribution in [3.05, 3.63) is 77.4 Å². The SMILES string of the molecule is CCOC(=O)CN(Cc1ccccc1)[C@@H]1C=Cc2ccccc2[C@H]1NC(=O)OC(C)(C)C. The number of ether oxygens (including phenoxy) is 2. The molecule has 0 aliphatic heterocycles. The minimum Gasteiger partial charge on any atom is -0.465 e. The lowest BCUT2D eigenvalue weighted by atomic mass is 9.88. The van der Waals surface area contributed by atoms with E-state index in [-0.39, 0.29) is 24.6 Å². The molecule has 170 valence electrons. The average molecular weight is 437 g/mol. The molecule has 1 aliphatic rings. The summed E-state index contributed by atoms with van der Waals surface area (Å²) in [5.41, 5.74) is 2.46. The maximum atomic E-state index is 12.7. The van der Waals surface area contributed by atoms with Crippen molar-refractivity contribution in [2.45, 2.75) is 51.9 Å². The van der Waals surface area contributed by atoms with Crippen molar-refractivity contribution in [1.29, 1.82) is 0 Å². The zero-order valence-electron chi connectivity index (χ0n) is 19.2. The number of esters is 1. The van der Waals surface area contributed by atoms with Crippen LogP contribution < -0.4 is 5.32 Å². The van der Waals surface area contributed by atoms with E-state index in [1.807, 2.05) is 92.4 Å². The van der Waals surface area contributed by atoms with E-state index < -0.39 is 11.7 Å². The van der Waals surface area contributed by atoms with Gasteiger partial charge in [-0.1, -0.05) is 66.7 Å². The molecule has 0 spiro atoms. The van der Waals surface area contributed by atoms with Crippen LogP contribution in [0.2, 0.25) is 0 Å². The van der Waals surface area contributed by atoms with Gasteiger partial charge in [-0.2, -0.15) is 0 Å². The smallest absolute Gasteiger partial charge is 0.408 e. The van der Waals surface area contributed by atoms with E-state index >= 15 is 0 Å². The van der Waals surface area contributed by atoms with Crippen LogP contribution in [0, 0.1) is 0 Å². The molecule has 2 aromatic rings. The molecule has 0 radical (unpaired) electrons. The monoisotopic (exact) mass is 436 g/mol. The van der Waals surface area contributed by atoms with Gasteiger partial charge in [0.05, 0.1) is 25.2 Å². The van der Waals surface area contributed by atoms with Gasteiger partial charge < -0.3 is 14.8 Å². The molecule has 3 rings (SSSR count). The average Bonchev–Trinajstić information content (AvgIpc) is 2.73. The molecule has 1 aliphatic carbocycles. The Kier molecular flexibility index (Phi) is 7.70. The first kappa shape index (κ1) is 23.5. The highest BCUT2D eigenvalue weighted by atomic mass is 16.6. The summed E-state index contributed by atoms with van der Waals surface area (Å²) in [5, 5.41) is 3.05. The first-order valence-corrected chi connectivity index (χ1v) is 11.0. The number of carbonyl (C=O) groups is 2. The van der Waals surface area contributed by atoms with Gasteiger partial charge in [-0.25, -0.2) is 4.79 Å². The van der Waals surface area contributed by atoms with Crippen LogP contribution in [0.25, 0.3) is 6.08 Å². The Balaban J connectivity index is 1.94. The van der Waals surface area contributed by atoms with Crippen molar-refractivity contribution in [2.24, 2.45) is 0 Å². The second-order valence-electron chi connectivity index (χ2n) is 8.80. The van der Waals surface area contributed by atoms with E-state index in [4.69, 9.17) is 9.47 Å². The number of benzene rings is 2. The number of nitrogens with one attached hydrogen (secondary N) is 1. The normalized spacial score (nSPS) is 17.5. The van der Waals surface area contributed by atoms with E-state index in [2.05, 4.69) is 5.32 Å². The number of carbonyl (C=O) groups excluding carboxylic acids is 2. The second-order valence-corrected chi connectivity index (χ2v) is 8.80. The first-order valence-electron chi connectivity index (χ1n) is 11.0. The van der Waals surface area contributed by atoms with E-state index in [0.29, 0.717) is 13.2 Å². The van der Waals surface area contributed by atoms with Crippen molar-refractivity contribution in [2.75, 3.05) is 13.2 Å². The van der Waals surface area contributed by atoms with Crippen molar-refractivity contribution in [3.8, 4) is 0 Å². The van der Waals surface area contributed by atoms with Crippen LogP contribution in [0.4, 0.5) is 4.79 Å². The quantitative estimate of drug-likeness (QED) is 0.637. The lowest BCUT2D eigenvalue weighted by molar-refractivity contribution is -0.145. The fraction of sp³-hybridized carbons (Fsp3) is 0.385. The maximum absolute atomic E-state index is 12.7. The highest BCUT2D eigenvalue weighted by molar-refractivity contribution is 5.73. The predicted molar refractivity (Wildman–Crippen MR) is 125 cm³/mol. The molecule has 2 atom stereocenters. The Morgan fingerprint density at radius 2 is 1.72 bits per heavy atom. The lowest BCUT2D eigenvalue weighted by Crippen LogP contribution is -2.49. The number of amides is 1. The first-order chi connectivity index (χ1) is 15.3. The summed E-state index contributed by atoms with van der Waals surface area (Å²) in [6, 6.07) is 17.2. The number of alkyl carbamates (subject to hydrolysis) is 1. The number of nitrogens with zero attached hydrogens (tertiary/aromatic N) is 1. The Labute approximate surface area is 190 Å². The van der Waals surface area contributed by atoms with Gasteiger partial charge >= 0.3 is 12.1 Å². The Bertz CT molecular complexity index is 950. The summed E-state index contributed by atoms with van der Waals surface area (Å²) < 4.78 is 10.8. The second kappa shape index (κ2) is 10.5. The molecule has 1 amide bonds. The van der Waals surface area contributed by atoms with Gasteiger partial charge in [0.25, 0.3) is 0 Å². The molecule has 0 aromatic heterocycles. The van der Waals surface area contributed by atoms with Crippen molar-refractivity contribution in [3.63, 3.8) is 0 Å². The topological polar surface area (TPSA) is 67.9 Å². The predicted octanol–water partition coefficient (Wildman–Crippen LogP) is 4.71. The summed E-state index contributed by atoms with van der Waals surface area (Å²) >= 11 is 0. The van der Waals surface area contributed by atoms with Gasteiger partial charge in [0.1, 0.15) is 5.60 Å². The summed E-state index contributed by atoms with van der Waals surface area (Å²) in [6.07, 6.45) is 3.58. The van der Waals surface area contributed by atoms with E-state index in [0.717, 1.165) is 16.7 Å².